The molecule has 5 aromatic rings. The third-order valence-electron chi connectivity index (χ3n) is 6.35. The van der Waals surface area contributed by atoms with Gasteiger partial charge in [-0.3, -0.25) is 9.36 Å². The minimum atomic E-state index is -0.726. The minimum Gasteiger partial charge on any atom is -0.496 e. The largest absolute Gasteiger partial charge is 0.496 e. The molecule has 0 fully saturated rings. The molecule has 8 nitrogen and oxygen atoms in total. The van der Waals surface area contributed by atoms with Crippen molar-refractivity contribution in [3.63, 3.8) is 0 Å². The van der Waals surface area contributed by atoms with Crippen LogP contribution in [0, 0.1) is 0 Å². The standard InChI is InChI=1S/C29H22BrN3O5S3/c1-4-37-27(35)24-15(2)31-28-33(25(24)16-9-11-20(36-3)18(30)13-16)26(34)22(39-28)14-17-10-12-23(38-17)41-29-32-19-7-5-6-8-21(19)40-29/h5-14,25H,4H2,1-3H3/b22-14+/t25-/m0/s1. The molecule has 0 aliphatic carbocycles. The van der Waals surface area contributed by atoms with Crippen molar-refractivity contribution in [2.45, 2.75) is 29.3 Å². The highest BCUT2D eigenvalue weighted by molar-refractivity contribution is 9.10. The number of thiazole rings is 2. The molecule has 0 amide bonds. The van der Waals surface area contributed by atoms with Crippen LogP contribution in [0.15, 0.2) is 94.0 Å². The molecule has 0 saturated carbocycles. The predicted octanol–water partition coefficient (Wildman–Crippen LogP) is 5.92. The van der Waals surface area contributed by atoms with Crippen LogP contribution in [-0.4, -0.2) is 29.2 Å². The van der Waals surface area contributed by atoms with E-state index in [-0.39, 0.29) is 12.2 Å². The van der Waals surface area contributed by atoms with E-state index in [1.54, 1.807) is 49.0 Å². The highest BCUT2D eigenvalue weighted by atomic mass is 79.9. The van der Waals surface area contributed by atoms with Crippen molar-refractivity contribution in [2.24, 2.45) is 4.99 Å². The molecule has 4 heterocycles. The Kier molecular flexibility index (Phi) is 7.73. The molecule has 0 bridgehead atoms. The smallest absolute Gasteiger partial charge is 0.338 e. The summed E-state index contributed by atoms with van der Waals surface area (Å²) in [4.78, 5) is 36.7. The number of halogens is 1. The molecule has 1 aliphatic rings. The SMILES string of the molecule is CCOC(=O)C1=C(C)N=c2s/c(=C/c3ccc(Sc4nc5ccccc5s4)o3)c(=O)n2[C@H]1c1ccc(OC)c(Br)c1. The molecule has 6 rings (SSSR count). The van der Waals surface area contributed by atoms with E-state index in [0.717, 1.165) is 20.1 Å². The summed E-state index contributed by atoms with van der Waals surface area (Å²) in [6.07, 6.45) is 1.70. The van der Waals surface area contributed by atoms with Gasteiger partial charge in [-0.05, 0) is 83.5 Å². The van der Waals surface area contributed by atoms with Crippen molar-refractivity contribution in [2.75, 3.05) is 13.7 Å². The number of carbonyl (C=O) groups is 1. The lowest BCUT2D eigenvalue weighted by atomic mass is 9.96. The highest BCUT2D eigenvalue weighted by Gasteiger charge is 2.33. The number of fused-ring (bicyclic) bond motifs is 2. The molecule has 41 heavy (non-hydrogen) atoms. The van der Waals surface area contributed by atoms with Gasteiger partial charge in [0.2, 0.25) is 0 Å². The van der Waals surface area contributed by atoms with Gasteiger partial charge in [0.25, 0.3) is 5.56 Å². The number of benzene rings is 2. The first kappa shape index (κ1) is 27.7. The van der Waals surface area contributed by atoms with E-state index in [1.165, 1.54) is 23.1 Å². The van der Waals surface area contributed by atoms with E-state index in [9.17, 15) is 9.59 Å². The molecule has 12 heteroatoms. The Morgan fingerprint density at radius 3 is 2.78 bits per heavy atom. The Morgan fingerprint density at radius 2 is 2.02 bits per heavy atom. The highest BCUT2D eigenvalue weighted by Crippen LogP contribution is 2.36. The van der Waals surface area contributed by atoms with Crippen molar-refractivity contribution in [1.29, 1.82) is 0 Å². The number of methoxy groups -OCH3 is 1. The van der Waals surface area contributed by atoms with Crippen molar-refractivity contribution in [1.82, 2.24) is 9.55 Å². The Morgan fingerprint density at radius 1 is 1.20 bits per heavy atom. The average Bonchev–Trinajstić information content (AvgIpc) is 3.65. The number of aromatic nitrogens is 2. The van der Waals surface area contributed by atoms with Gasteiger partial charge in [0.05, 0.1) is 50.3 Å². The fraction of sp³-hybridized carbons (Fsp3) is 0.172. The van der Waals surface area contributed by atoms with Gasteiger partial charge in [0.1, 0.15) is 11.5 Å². The first-order valence-corrected chi connectivity index (χ1v) is 15.8. The lowest BCUT2D eigenvalue weighted by Gasteiger charge is -2.25. The lowest BCUT2D eigenvalue weighted by Crippen LogP contribution is -2.39. The maximum Gasteiger partial charge on any atom is 0.338 e. The van der Waals surface area contributed by atoms with Crippen molar-refractivity contribution >= 4 is 72.6 Å². The number of allylic oxidation sites excluding steroid dienone is 1. The van der Waals surface area contributed by atoms with Crippen LogP contribution in [0.3, 0.4) is 0 Å². The zero-order valence-corrected chi connectivity index (χ0v) is 26.1. The van der Waals surface area contributed by atoms with Crippen molar-refractivity contribution in [3.8, 4) is 5.75 Å². The molecular formula is C29H22BrN3O5S3. The minimum absolute atomic E-state index is 0.203. The van der Waals surface area contributed by atoms with Gasteiger partial charge in [0, 0.05) is 6.08 Å². The average molecular weight is 669 g/mol. The van der Waals surface area contributed by atoms with Crippen LogP contribution < -0.4 is 19.6 Å². The van der Waals surface area contributed by atoms with Crippen LogP contribution in [0.1, 0.15) is 31.2 Å². The molecule has 0 spiro atoms. The van der Waals surface area contributed by atoms with E-state index < -0.39 is 12.0 Å². The van der Waals surface area contributed by atoms with Crippen LogP contribution >= 0.6 is 50.4 Å². The summed E-state index contributed by atoms with van der Waals surface area (Å²) in [5.74, 6) is 0.656. The van der Waals surface area contributed by atoms with Gasteiger partial charge < -0.3 is 13.9 Å². The molecule has 0 radical (unpaired) electrons. The van der Waals surface area contributed by atoms with Crippen LogP contribution in [-0.2, 0) is 9.53 Å². The van der Waals surface area contributed by atoms with E-state index in [0.29, 0.717) is 41.7 Å². The summed E-state index contributed by atoms with van der Waals surface area (Å²) in [6.45, 7) is 3.70. The van der Waals surface area contributed by atoms with E-state index in [4.69, 9.17) is 13.9 Å². The van der Waals surface area contributed by atoms with Gasteiger partial charge in [-0.15, -0.1) is 11.3 Å². The number of carbonyl (C=O) groups excluding carboxylic acids is 1. The number of furan rings is 1. The second-order valence-electron chi connectivity index (χ2n) is 8.90. The van der Waals surface area contributed by atoms with Crippen molar-refractivity contribution in [3.05, 3.63) is 101 Å². The molecule has 208 valence electrons. The number of hydrogen-bond acceptors (Lipinski definition) is 10. The summed E-state index contributed by atoms with van der Waals surface area (Å²) in [5.41, 5.74) is 2.20. The molecule has 0 N–H and O–H groups in total. The zero-order chi connectivity index (χ0) is 28.7. The van der Waals surface area contributed by atoms with E-state index in [2.05, 4.69) is 25.9 Å². The van der Waals surface area contributed by atoms with E-state index in [1.807, 2.05) is 48.5 Å². The first-order chi connectivity index (χ1) is 19.9. The van der Waals surface area contributed by atoms with Gasteiger partial charge in [-0.25, -0.2) is 14.8 Å². The summed E-state index contributed by atoms with van der Waals surface area (Å²) in [6, 6.07) is 16.4. The van der Waals surface area contributed by atoms with Gasteiger partial charge >= 0.3 is 5.97 Å². The van der Waals surface area contributed by atoms with Crippen LogP contribution in [0.4, 0.5) is 0 Å². The molecule has 1 aliphatic heterocycles. The fourth-order valence-electron chi connectivity index (χ4n) is 4.54. The Bertz CT molecular complexity index is 1990. The quantitative estimate of drug-likeness (QED) is 0.199. The molecular weight excluding hydrogens is 646 g/mol. The molecule has 2 aromatic carbocycles. The van der Waals surface area contributed by atoms with Crippen LogP contribution in [0.25, 0.3) is 16.3 Å². The summed E-state index contributed by atoms with van der Waals surface area (Å²) >= 11 is 7.81. The fourth-order valence-corrected chi connectivity index (χ4v) is 8.09. The van der Waals surface area contributed by atoms with Crippen LogP contribution in [0.2, 0.25) is 0 Å². The van der Waals surface area contributed by atoms with Gasteiger partial charge in [-0.1, -0.05) is 29.5 Å². The Labute approximate surface area is 254 Å². The lowest BCUT2D eigenvalue weighted by molar-refractivity contribution is -0.139. The summed E-state index contributed by atoms with van der Waals surface area (Å²) in [5, 5.41) is 0.671. The summed E-state index contributed by atoms with van der Waals surface area (Å²) in [7, 11) is 1.58. The molecule has 3 aromatic heterocycles. The second-order valence-corrected chi connectivity index (χ2v) is 13.0. The third kappa shape index (κ3) is 5.32. The predicted molar refractivity (Wildman–Crippen MR) is 164 cm³/mol. The second kappa shape index (κ2) is 11.4. The number of nitrogens with zero attached hydrogens (tertiary/aromatic N) is 3. The molecule has 1 atom stereocenters. The Balaban J connectivity index is 1.40. The normalized spacial score (nSPS) is 15.2. The number of hydrogen-bond donors (Lipinski definition) is 0. The third-order valence-corrected chi connectivity index (χ3v) is 9.97. The maximum absolute atomic E-state index is 13.9. The Hall–Kier alpha value is -3.45. The first-order valence-electron chi connectivity index (χ1n) is 12.5. The monoisotopic (exact) mass is 667 g/mol. The maximum atomic E-state index is 13.9. The molecule has 0 saturated heterocycles. The molecule has 0 unspecified atom stereocenters. The number of esters is 1. The van der Waals surface area contributed by atoms with Gasteiger partial charge in [0.15, 0.2) is 14.2 Å². The van der Waals surface area contributed by atoms with Gasteiger partial charge in [-0.2, -0.15) is 0 Å². The number of ether oxygens (including phenoxy) is 2. The zero-order valence-electron chi connectivity index (χ0n) is 22.0. The van der Waals surface area contributed by atoms with Crippen LogP contribution in [0.5, 0.6) is 5.75 Å². The topological polar surface area (TPSA) is 95.9 Å². The van der Waals surface area contributed by atoms with Crippen molar-refractivity contribution < 1.29 is 18.7 Å². The van der Waals surface area contributed by atoms with E-state index >= 15 is 0 Å². The summed E-state index contributed by atoms with van der Waals surface area (Å²) < 4.78 is 21.5. The number of para-hydroxylation sites is 1. The number of rotatable bonds is 7.